The molecule has 0 amide bonds. The average Bonchev–Trinajstić information content (AvgIpc) is 2.19. The highest BCUT2D eigenvalue weighted by atomic mass is 32.2. The molecule has 2 heteroatoms. The van der Waals surface area contributed by atoms with Crippen LogP contribution in [0.4, 0.5) is 0 Å². The molecule has 0 aliphatic rings. The van der Waals surface area contributed by atoms with Crippen LogP contribution in [0.1, 0.15) is 0 Å². The van der Waals surface area contributed by atoms with Crippen molar-refractivity contribution in [3.63, 3.8) is 0 Å². The van der Waals surface area contributed by atoms with Crippen LogP contribution >= 0.6 is 11.8 Å². The van der Waals surface area contributed by atoms with E-state index in [0.717, 1.165) is 4.90 Å². The molecule has 0 saturated heterocycles. The van der Waals surface area contributed by atoms with Gasteiger partial charge in [0.15, 0.2) is 0 Å². The minimum atomic E-state index is 0.710. The van der Waals surface area contributed by atoms with Crippen molar-refractivity contribution >= 4 is 18.0 Å². The van der Waals surface area contributed by atoms with Crippen LogP contribution in [0.2, 0.25) is 0 Å². The van der Waals surface area contributed by atoms with Gasteiger partial charge in [-0.25, -0.2) is 0 Å². The molecule has 0 radical (unpaired) electrons. The van der Waals surface area contributed by atoms with E-state index in [1.54, 1.807) is 0 Å². The fourth-order valence-corrected chi connectivity index (χ4v) is 1.24. The molecule has 0 aromatic heterocycles. The van der Waals surface area contributed by atoms with Crippen LogP contribution in [0.15, 0.2) is 47.4 Å². The number of rotatable bonds is 2. The van der Waals surface area contributed by atoms with Crippen molar-refractivity contribution < 1.29 is 4.79 Å². The molecule has 1 aromatic rings. The van der Waals surface area contributed by atoms with Gasteiger partial charge in [0, 0.05) is 4.90 Å². The molecular formula is C11H8OS. The molecule has 64 valence electrons. The second-order valence-corrected chi connectivity index (χ2v) is 3.04. The van der Waals surface area contributed by atoms with Gasteiger partial charge in [0.2, 0.25) is 0 Å². The van der Waals surface area contributed by atoms with Crippen LogP contribution in [-0.2, 0) is 4.79 Å². The molecule has 0 bridgehead atoms. The number of hydrogen-bond acceptors (Lipinski definition) is 2. The predicted molar refractivity (Wildman–Crippen MR) is 55.3 cm³/mol. The SMILES string of the molecule is O=C/C=C/C#CSc1ccccc1. The molecular weight excluding hydrogens is 180 g/mol. The molecule has 0 unspecified atom stereocenters. The fourth-order valence-electron chi connectivity index (χ4n) is 0.698. The van der Waals surface area contributed by atoms with Gasteiger partial charge in [-0.15, -0.1) is 0 Å². The maximum Gasteiger partial charge on any atom is 0.143 e. The second kappa shape index (κ2) is 6.10. The number of carbonyl (C=O) groups excluding carboxylic acids is 1. The summed E-state index contributed by atoms with van der Waals surface area (Å²) in [6.07, 6.45) is 3.61. The lowest BCUT2D eigenvalue weighted by molar-refractivity contribution is -0.104. The normalized spacial score (nSPS) is 9.23. The number of benzene rings is 1. The summed E-state index contributed by atoms with van der Waals surface area (Å²) in [6, 6.07) is 9.87. The third-order valence-corrected chi connectivity index (χ3v) is 1.96. The Bertz CT molecular complexity index is 343. The molecule has 13 heavy (non-hydrogen) atoms. The quantitative estimate of drug-likeness (QED) is 0.307. The lowest BCUT2D eigenvalue weighted by Crippen LogP contribution is -1.64. The van der Waals surface area contributed by atoms with E-state index in [0.29, 0.717) is 6.29 Å². The van der Waals surface area contributed by atoms with Gasteiger partial charge in [0.25, 0.3) is 0 Å². The number of thioether (sulfide) groups is 1. The highest BCUT2D eigenvalue weighted by Gasteiger charge is 1.84. The number of aldehydes is 1. The minimum absolute atomic E-state index is 0.710. The molecule has 1 rings (SSSR count). The zero-order valence-electron chi connectivity index (χ0n) is 6.94. The Morgan fingerprint density at radius 2 is 2.00 bits per heavy atom. The topological polar surface area (TPSA) is 17.1 Å². The second-order valence-electron chi connectivity index (χ2n) is 2.16. The van der Waals surface area contributed by atoms with Crippen molar-refractivity contribution in [1.82, 2.24) is 0 Å². The Kier molecular flexibility index (Phi) is 4.52. The van der Waals surface area contributed by atoms with Crippen molar-refractivity contribution in [2.24, 2.45) is 0 Å². The average molecular weight is 188 g/mol. The fraction of sp³-hybridized carbons (Fsp3) is 0. The third kappa shape index (κ3) is 4.19. The number of hydrogen-bond donors (Lipinski definition) is 0. The van der Waals surface area contributed by atoms with Crippen LogP contribution < -0.4 is 0 Å². The summed E-state index contributed by atoms with van der Waals surface area (Å²) in [6.45, 7) is 0. The van der Waals surface area contributed by atoms with Crippen LogP contribution in [0, 0.1) is 11.2 Å². The summed E-state index contributed by atoms with van der Waals surface area (Å²) in [7, 11) is 0. The molecule has 0 aliphatic heterocycles. The van der Waals surface area contributed by atoms with Crippen LogP contribution in [0.25, 0.3) is 0 Å². The van der Waals surface area contributed by atoms with Crippen molar-refractivity contribution in [3.8, 4) is 11.2 Å². The van der Waals surface area contributed by atoms with Gasteiger partial charge < -0.3 is 0 Å². The Balaban J connectivity index is 2.46. The Morgan fingerprint density at radius 1 is 1.23 bits per heavy atom. The largest absolute Gasteiger partial charge is 0.299 e. The number of allylic oxidation sites excluding steroid dienone is 2. The van der Waals surface area contributed by atoms with Gasteiger partial charge >= 0.3 is 0 Å². The first kappa shape index (κ1) is 9.63. The van der Waals surface area contributed by atoms with E-state index in [1.807, 2.05) is 30.3 Å². The molecule has 0 saturated carbocycles. The maximum absolute atomic E-state index is 9.88. The van der Waals surface area contributed by atoms with E-state index in [2.05, 4.69) is 11.2 Å². The summed E-state index contributed by atoms with van der Waals surface area (Å²) in [5.74, 6) is 2.74. The molecule has 0 heterocycles. The third-order valence-electron chi connectivity index (χ3n) is 1.23. The van der Waals surface area contributed by atoms with Gasteiger partial charge in [-0.05, 0) is 41.3 Å². The summed E-state index contributed by atoms with van der Waals surface area (Å²) in [5, 5.41) is 2.86. The van der Waals surface area contributed by atoms with Gasteiger partial charge in [0.05, 0.1) is 0 Å². The molecule has 0 spiro atoms. The molecule has 0 fully saturated rings. The number of carbonyl (C=O) groups is 1. The first-order chi connectivity index (χ1) is 6.43. The van der Waals surface area contributed by atoms with Gasteiger partial charge in [-0.3, -0.25) is 4.79 Å². The van der Waals surface area contributed by atoms with Crippen LogP contribution in [-0.4, -0.2) is 6.29 Å². The molecule has 0 aliphatic carbocycles. The Morgan fingerprint density at radius 3 is 2.69 bits per heavy atom. The zero-order chi connectivity index (χ0) is 9.36. The first-order valence-electron chi connectivity index (χ1n) is 3.76. The maximum atomic E-state index is 9.88. The Hall–Kier alpha value is -1.46. The molecule has 1 aromatic carbocycles. The van der Waals surface area contributed by atoms with Gasteiger partial charge in [0.1, 0.15) is 6.29 Å². The smallest absolute Gasteiger partial charge is 0.143 e. The van der Waals surface area contributed by atoms with Gasteiger partial charge in [-0.1, -0.05) is 24.1 Å². The monoisotopic (exact) mass is 188 g/mol. The zero-order valence-corrected chi connectivity index (χ0v) is 7.75. The minimum Gasteiger partial charge on any atom is -0.299 e. The van der Waals surface area contributed by atoms with Crippen molar-refractivity contribution in [2.75, 3.05) is 0 Å². The lowest BCUT2D eigenvalue weighted by atomic mass is 10.4. The summed E-state index contributed by atoms with van der Waals surface area (Å²) < 4.78 is 0. The predicted octanol–water partition coefficient (Wildman–Crippen LogP) is 2.49. The van der Waals surface area contributed by atoms with Crippen molar-refractivity contribution in [3.05, 3.63) is 42.5 Å². The van der Waals surface area contributed by atoms with Crippen molar-refractivity contribution in [1.29, 1.82) is 0 Å². The van der Waals surface area contributed by atoms with E-state index in [-0.39, 0.29) is 0 Å². The van der Waals surface area contributed by atoms with E-state index >= 15 is 0 Å². The van der Waals surface area contributed by atoms with E-state index in [9.17, 15) is 4.79 Å². The molecule has 1 nitrogen and oxygen atoms in total. The van der Waals surface area contributed by atoms with E-state index in [1.165, 1.54) is 23.9 Å². The van der Waals surface area contributed by atoms with Gasteiger partial charge in [-0.2, -0.15) is 0 Å². The van der Waals surface area contributed by atoms with E-state index < -0.39 is 0 Å². The molecule has 0 N–H and O–H groups in total. The molecule has 0 atom stereocenters. The summed E-state index contributed by atoms with van der Waals surface area (Å²) in [5.41, 5.74) is 0. The highest BCUT2D eigenvalue weighted by Crippen LogP contribution is 2.14. The standard InChI is InChI=1S/C11H8OS/c12-9-5-2-6-10-13-11-7-3-1-4-8-11/h1-5,7-9H/b5-2+. The summed E-state index contributed by atoms with van der Waals surface area (Å²) in [4.78, 5) is 11.0. The lowest BCUT2D eigenvalue weighted by Gasteiger charge is -1.89. The summed E-state index contributed by atoms with van der Waals surface area (Å²) >= 11 is 1.44. The van der Waals surface area contributed by atoms with Crippen molar-refractivity contribution in [2.45, 2.75) is 4.90 Å². The van der Waals surface area contributed by atoms with Crippen LogP contribution in [0.3, 0.4) is 0 Å². The Labute approximate surface area is 81.9 Å². The highest BCUT2D eigenvalue weighted by molar-refractivity contribution is 8.03. The first-order valence-corrected chi connectivity index (χ1v) is 4.58. The van der Waals surface area contributed by atoms with E-state index in [4.69, 9.17) is 0 Å². The van der Waals surface area contributed by atoms with Crippen LogP contribution in [0.5, 0.6) is 0 Å².